The Bertz CT molecular complexity index is 302. The first-order chi connectivity index (χ1) is 7.85. The van der Waals surface area contributed by atoms with E-state index >= 15 is 0 Å². The Labute approximate surface area is 96.8 Å². The highest BCUT2D eigenvalue weighted by atomic mass is 16.6. The Hall–Kier alpha value is -1.26. The number of carboxylic acids is 1. The molecule has 1 saturated carbocycles. The fourth-order valence-corrected chi connectivity index (χ4v) is 1.48. The van der Waals surface area contributed by atoms with Gasteiger partial charge in [0.2, 0.25) is 0 Å². The molecule has 1 N–H and O–H groups in total. The van der Waals surface area contributed by atoms with Crippen LogP contribution in [0.3, 0.4) is 0 Å². The number of aliphatic carboxylic acids is 1. The van der Waals surface area contributed by atoms with Crippen LogP contribution in [0.25, 0.3) is 0 Å². The summed E-state index contributed by atoms with van der Waals surface area (Å²) in [6, 6.07) is -0.0277. The van der Waals surface area contributed by atoms with Crippen molar-refractivity contribution < 1.29 is 20.8 Å². The van der Waals surface area contributed by atoms with Crippen LogP contribution >= 0.6 is 0 Å². The maximum Gasteiger partial charge on any atom is 0.411 e. The molecule has 1 aliphatic carbocycles. The monoisotopic (exact) mass is 230 g/mol. The van der Waals surface area contributed by atoms with Crippen molar-refractivity contribution in [3.05, 3.63) is 0 Å². The number of hydrogen-bond donors (Lipinski definition) is 1. The van der Waals surface area contributed by atoms with E-state index in [0.29, 0.717) is 0 Å². The van der Waals surface area contributed by atoms with Gasteiger partial charge in [-0.3, -0.25) is 9.69 Å². The molecule has 0 aromatic rings. The van der Waals surface area contributed by atoms with Crippen LogP contribution in [-0.4, -0.2) is 40.3 Å². The summed E-state index contributed by atoms with van der Waals surface area (Å²) >= 11 is 0. The zero-order valence-electron chi connectivity index (χ0n) is 10.7. The Morgan fingerprint density at radius 3 is 2.56 bits per heavy atom. The molecular weight excluding hydrogens is 210 g/mol. The molecule has 5 nitrogen and oxygen atoms in total. The minimum atomic E-state index is -1.04. The minimum Gasteiger partial charge on any atom is -0.480 e. The summed E-state index contributed by atoms with van der Waals surface area (Å²) in [5.74, 6) is -1.04. The highest BCUT2D eigenvalue weighted by Crippen LogP contribution is 2.26. The van der Waals surface area contributed by atoms with E-state index < -0.39 is 17.7 Å². The third-order valence-electron chi connectivity index (χ3n) is 2.42. The molecule has 0 heterocycles. The third kappa shape index (κ3) is 3.72. The van der Waals surface area contributed by atoms with E-state index in [1.807, 2.05) is 0 Å². The van der Waals surface area contributed by atoms with Gasteiger partial charge >= 0.3 is 12.1 Å². The first-order valence-electron chi connectivity index (χ1n) is 6.07. The lowest BCUT2D eigenvalue weighted by Gasteiger charge is -2.37. The van der Waals surface area contributed by atoms with E-state index in [-0.39, 0.29) is 19.5 Å². The maximum atomic E-state index is 11.8. The standard InChI is InChI=1S/C11H19NO4/c1-11(2,3)16-10(15)12(7-9(13)14)8-5-4-6-8/h8H,4-7H2,1-3H3,(H,13,14)/i1D. The molecule has 0 spiro atoms. The first-order valence-corrected chi connectivity index (χ1v) is 5.36. The largest absolute Gasteiger partial charge is 0.480 e. The van der Waals surface area contributed by atoms with Crippen molar-refractivity contribution in [1.29, 1.82) is 0 Å². The molecule has 0 bridgehead atoms. The van der Waals surface area contributed by atoms with E-state index in [1.54, 1.807) is 13.8 Å². The van der Waals surface area contributed by atoms with Crippen LogP contribution in [0.5, 0.6) is 0 Å². The summed E-state index contributed by atoms with van der Waals surface area (Å²) < 4.78 is 12.4. The molecule has 0 aromatic carbocycles. The number of hydrogen-bond acceptors (Lipinski definition) is 3. The Balaban J connectivity index is 2.62. The molecule has 0 unspecified atom stereocenters. The fourth-order valence-electron chi connectivity index (χ4n) is 1.48. The van der Waals surface area contributed by atoms with Gasteiger partial charge in [-0.25, -0.2) is 4.79 Å². The highest BCUT2D eigenvalue weighted by molar-refractivity contribution is 5.77. The summed E-state index contributed by atoms with van der Waals surface area (Å²) in [5, 5.41) is 8.77. The van der Waals surface area contributed by atoms with Gasteiger partial charge in [-0.15, -0.1) is 0 Å². The van der Waals surface area contributed by atoms with Crippen molar-refractivity contribution in [2.45, 2.75) is 51.7 Å². The number of ether oxygens (including phenoxy) is 1. The van der Waals surface area contributed by atoms with E-state index in [4.69, 9.17) is 11.2 Å². The summed E-state index contributed by atoms with van der Waals surface area (Å²) in [6.45, 7) is 2.89. The molecule has 0 radical (unpaired) electrons. The molecule has 92 valence electrons. The van der Waals surface area contributed by atoms with Crippen molar-refractivity contribution >= 4 is 12.1 Å². The van der Waals surface area contributed by atoms with Gasteiger partial charge in [0.25, 0.3) is 0 Å². The molecule has 0 atom stereocenters. The SMILES string of the molecule is [2H]CC(C)(C)OC(=O)N(CC(=O)O)C1CCC1. The van der Waals surface area contributed by atoms with Crippen LogP contribution in [0.2, 0.25) is 0 Å². The lowest BCUT2D eigenvalue weighted by molar-refractivity contribution is -0.139. The van der Waals surface area contributed by atoms with Crippen LogP contribution in [0.1, 0.15) is 41.4 Å². The summed E-state index contributed by atoms with van der Waals surface area (Å²) in [5.41, 5.74) is -0.877. The number of carbonyl (C=O) groups excluding carboxylic acids is 1. The second kappa shape index (κ2) is 4.72. The van der Waals surface area contributed by atoms with Crippen LogP contribution in [0.4, 0.5) is 4.79 Å². The number of carboxylic acid groups (broad SMARTS) is 1. The van der Waals surface area contributed by atoms with E-state index in [0.717, 1.165) is 19.3 Å². The van der Waals surface area contributed by atoms with E-state index in [1.165, 1.54) is 4.90 Å². The number of nitrogens with zero attached hydrogens (tertiary/aromatic N) is 1. The van der Waals surface area contributed by atoms with Gasteiger partial charge < -0.3 is 9.84 Å². The van der Waals surface area contributed by atoms with Crippen LogP contribution in [-0.2, 0) is 9.53 Å². The smallest absolute Gasteiger partial charge is 0.411 e. The number of amides is 1. The highest BCUT2D eigenvalue weighted by Gasteiger charge is 2.33. The molecule has 0 aliphatic heterocycles. The molecule has 16 heavy (non-hydrogen) atoms. The van der Waals surface area contributed by atoms with Crippen molar-refractivity contribution in [1.82, 2.24) is 4.90 Å². The molecule has 1 fully saturated rings. The van der Waals surface area contributed by atoms with E-state index in [2.05, 4.69) is 0 Å². The summed E-state index contributed by atoms with van der Waals surface area (Å²) in [4.78, 5) is 23.8. The number of carbonyl (C=O) groups is 2. The lowest BCUT2D eigenvalue weighted by Crippen LogP contribution is -2.48. The van der Waals surface area contributed by atoms with Crippen LogP contribution < -0.4 is 0 Å². The van der Waals surface area contributed by atoms with Crippen molar-refractivity contribution in [3.8, 4) is 0 Å². The predicted octanol–water partition coefficient (Wildman–Crippen LogP) is 1.86. The first kappa shape index (κ1) is 11.2. The molecular formula is C11H19NO4. The zero-order chi connectivity index (χ0) is 13.1. The maximum absolute atomic E-state index is 11.8. The average Bonchev–Trinajstić information content (AvgIpc) is 2.12. The Kier molecular flexibility index (Phi) is 3.31. The van der Waals surface area contributed by atoms with Crippen molar-refractivity contribution in [3.63, 3.8) is 0 Å². The van der Waals surface area contributed by atoms with Gasteiger partial charge in [-0.05, 0) is 40.0 Å². The van der Waals surface area contributed by atoms with Crippen LogP contribution in [0.15, 0.2) is 0 Å². The lowest BCUT2D eigenvalue weighted by atomic mass is 9.92. The van der Waals surface area contributed by atoms with E-state index in [9.17, 15) is 9.59 Å². The van der Waals surface area contributed by atoms with Gasteiger partial charge in [0, 0.05) is 7.41 Å². The minimum absolute atomic E-state index is 0.0277. The predicted molar refractivity (Wildman–Crippen MR) is 58.2 cm³/mol. The molecule has 5 heteroatoms. The van der Waals surface area contributed by atoms with Crippen molar-refractivity contribution in [2.24, 2.45) is 0 Å². The normalized spacial score (nSPS) is 17.2. The van der Waals surface area contributed by atoms with Crippen molar-refractivity contribution in [2.75, 3.05) is 6.54 Å². The molecule has 0 saturated heterocycles. The zero-order valence-corrected chi connectivity index (χ0v) is 9.73. The topological polar surface area (TPSA) is 66.8 Å². The molecule has 1 aliphatic rings. The quantitative estimate of drug-likeness (QED) is 0.803. The second-order valence-electron chi connectivity index (χ2n) is 4.73. The van der Waals surface area contributed by atoms with Gasteiger partial charge in [0.15, 0.2) is 0 Å². The van der Waals surface area contributed by atoms with Gasteiger partial charge in [0.05, 0.1) is 0 Å². The average molecular weight is 230 g/mol. The van der Waals surface area contributed by atoms with Gasteiger partial charge in [-0.1, -0.05) is 0 Å². The Morgan fingerprint density at radius 2 is 2.19 bits per heavy atom. The van der Waals surface area contributed by atoms with Crippen LogP contribution in [0, 0.1) is 0 Å². The fraction of sp³-hybridized carbons (Fsp3) is 0.818. The third-order valence-corrected chi connectivity index (χ3v) is 2.42. The second-order valence-corrected chi connectivity index (χ2v) is 4.73. The Morgan fingerprint density at radius 1 is 1.56 bits per heavy atom. The molecule has 0 aromatic heterocycles. The van der Waals surface area contributed by atoms with Gasteiger partial charge in [0.1, 0.15) is 12.1 Å². The summed E-state index contributed by atoms with van der Waals surface area (Å²) in [6.07, 6.45) is 2.03. The molecule has 1 amide bonds. The summed E-state index contributed by atoms with van der Waals surface area (Å²) in [7, 11) is 0. The van der Waals surface area contributed by atoms with Gasteiger partial charge in [-0.2, -0.15) is 0 Å². The number of rotatable bonds is 3. The molecule has 1 rings (SSSR count).